The molecule has 0 fully saturated rings. The maximum absolute atomic E-state index is 12.1. The number of carbonyl (C=O) groups excluding carboxylic acids is 1. The minimum Gasteiger partial charge on any atom is -0.325 e. The standard InChI is InChI=1S/C18H18N2O2S2/c1-2-20-15-9-8-14(10-16(15)24-18(20)22)19-17(21)12-23-11-13-6-4-3-5-7-13/h3-10H,2,11-12H2,1H3,(H,19,21). The summed E-state index contributed by atoms with van der Waals surface area (Å²) in [4.78, 5) is 24.0. The summed E-state index contributed by atoms with van der Waals surface area (Å²) in [5, 5.41) is 2.90. The molecule has 0 radical (unpaired) electrons. The Morgan fingerprint density at radius 1 is 1.21 bits per heavy atom. The smallest absolute Gasteiger partial charge is 0.308 e. The molecule has 6 heteroatoms. The van der Waals surface area contributed by atoms with Crippen LogP contribution in [0.15, 0.2) is 53.3 Å². The molecule has 124 valence electrons. The molecule has 3 rings (SSSR count). The van der Waals surface area contributed by atoms with Gasteiger partial charge in [-0.25, -0.2) is 0 Å². The molecule has 0 atom stereocenters. The van der Waals surface area contributed by atoms with Crippen molar-refractivity contribution in [3.05, 3.63) is 63.8 Å². The van der Waals surface area contributed by atoms with E-state index in [4.69, 9.17) is 0 Å². The number of carbonyl (C=O) groups is 1. The predicted molar refractivity (Wildman–Crippen MR) is 103 cm³/mol. The summed E-state index contributed by atoms with van der Waals surface area (Å²) in [5.41, 5.74) is 2.86. The summed E-state index contributed by atoms with van der Waals surface area (Å²) >= 11 is 2.79. The van der Waals surface area contributed by atoms with Crippen LogP contribution < -0.4 is 10.2 Å². The van der Waals surface area contributed by atoms with E-state index in [-0.39, 0.29) is 10.8 Å². The van der Waals surface area contributed by atoms with Crippen molar-refractivity contribution in [1.29, 1.82) is 0 Å². The number of thiazole rings is 1. The SMILES string of the molecule is CCn1c(=O)sc2cc(NC(=O)CSCc3ccccc3)ccc21. The van der Waals surface area contributed by atoms with Crippen molar-refractivity contribution < 1.29 is 4.79 Å². The van der Waals surface area contributed by atoms with Crippen LogP contribution in [0.25, 0.3) is 10.2 Å². The normalized spacial score (nSPS) is 10.9. The highest BCUT2D eigenvalue weighted by Gasteiger charge is 2.08. The number of thioether (sulfide) groups is 1. The highest BCUT2D eigenvalue weighted by molar-refractivity contribution is 7.99. The summed E-state index contributed by atoms with van der Waals surface area (Å²) < 4.78 is 2.64. The molecule has 0 aliphatic heterocycles. The molecule has 3 aromatic rings. The fourth-order valence-corrected chi connectivity index (χ4v) is 4.26. The van der Waals surface area contributed by atoms with Crippen LogP contribution in [-0.4, -0.2) is 16.2 Å². The number of hydrogen-bond donors (Lipinski definition) is 1. The Balaban J connectivity index is 1.60. The van der Waals surface area contributed by atoms with Crippen molar-refractivity contribution in [3.8, 4) is 0 Å². The van der Waals surface area contributed by atoms with Gasteiger partial charge in [-0.3, -0.25) is 14.2 Å². The number of nitrogens with zero attached hydrogens (tertiary/aromatic N) is 1. The minimum absolute atomic E-state index is 0.0300. The maximum atomic E-state index is 12.1. The van der Waals surface area contributed by atoms with Crippen LogP contribution in [-0.2, 0) is 17.1 Å². The zero-order valence-corrected chi connectivity index (χ0v) is 15.0. The molecule has 0 aliphatic carbocycles. The molecule has 0 bridgehead atoms. The van der Waals surface area contributed by atoms with Gasteiger partial charge < -0.3 is 5.32 Å². The average molecular weight is 358 g/mol. The first-order valence-electron chi connectivity index (χ1n) is 7.72. The van der Waals surface area contributed by atoms with Crippen LogP contribution in [0.1, 0.15) is 12.5 Å². The number of anilines is 1. The molecule has 2 aromatic carbocycles. The van der Waals surface area contributed by atoms with Crippen molar-refractivity contribution in [2.75, 3.05) is 11.1 Å². The van der Waals surface area contributed by atoms with Crippen molar-refractivity contribution in [2.24, 2.45) is 0 Å². The summed E-state index contributed by atoms with van der Waals surface area (Å²) in [7, 11) is 0. The molecular weight excluding hydrogens is 340 g/mol. The Morgan fingerprint density at radius 2 is 2.00 bits per heavy atom. The van der Waals surface area contributed by atoms with Crippen molar-refractivity contribution in [1.82, 2.24) is 4.57 Å². The van der Waals surface area contributed by atoms with Gasteiger partial charge in [-0.15, -0.1) is 11.8 Å². The highest BCUT2D eigenvalue weighted by Crippen LogP contribution is 2.22. The van der Waals surface area contributed by atoms with Gasteiger partial charge in [0, 0.05) is 18.0 Å². The molecule has 1 amide bonds. The van der Waals surface area contributed by atoms with Gasteiger partial charge in [0.25, 0.3) is 0 Å². The lowest BCUT2D eigenvalue weighted by atomic mass is 10.2. The van der Waals surface area contributed by atoms with E-state index in [0.717, 1.165) is 21.7 Å². The largest absolute Gasteiger partial charge is 0.325 e. The van der Waals surface area contributed by atoms with Crippen LogP contribution in [0.2, 0.25) is 0 Å². The number of benzene rings is 2. The van der Waals surface area contributed by atoms with Gasteiger partial charge >= 0.3 is 4.87 Å². The molecule has 0 unspecified atom stereocenters. The molecular formula is C18H18N2O2S2. The molecule has 4 nitrogen and oxygen atoms in total. The third-order valence-corrected chi connectivity index (χ3v) is 5.56. The molecule has 1 N–H and O–H groups in total. The van der Waals surface area contributed by atoms with E-state index < -0.39 is 0 Å². The van der Waals surface area contributed by atoms with E-state index in [0.29, 0.717) is 12.3 Å². The highest BCUT2D eigenvalue weighted by atomic mass is 32.2. The van der Waals surface area contributed by atoms with E-state index in [1.807, 2.05) is 43.3 Å². The van der Waals surface area contributed by atoms with Gasteiger partial charge in [0.05, 0.1) is 16.0 Å². The molecule has 0 spiro atoms. The van der Waals surface area contributed by atoms with E-state index >= 15 is 0 Å². The quantitative estimate of drug-likeness (QED) is 0.726. The number of nitrogens with one attached hydrogen (secondary N) is 1. The summed E-state index contributed by atoms with van der Waals surface area (Å²) in [6, 6.07) is 15.7. The Kier molecular flexibility index (Phi) is 5.37. The van der Waals surface area contributed by atoms with Crippen LogP contribution >= 0.6 is 23.1 Å². The number of fused-ring (bicyclic) bond motifs is 1. The third kappa shape index (κ3) is 3.88. The monoisotopic (exact) mass is 358 g/mol. The first-order valence-corrected chi connectivity index (χ1v) is 9.69. The fourth-order valence-electron chi connectivity index (χ4n) is 2.48. The van der Waals surface area contributed by atoms with Crippen LogP contribution in [0, 0.1) is 0 Å². The lowest BCUT2D eigenvalue weighted by Gasteiger charge is -2.06. The Morgan fingerprint density at radius 3 is 2.75 bits per heavy atom. The lowest BCUT2D eigenvalue weighted by Crippen LogP contribution is -2.14. The number of rotatable bonds is 6. The summed E-state index contributed by atoms with van der Waals surface area (Å²) in [6.07, 6.45) is 0. The van der Waals surface area contributed by atoms with Crippen molar-refractivity contribution in [3.63, 3.8) is 0 Å². The molecule has 1 heterocycles. The second-order valence-corrected chi connectivity index (χ2v) is 7.30. The summed E-state index contributed by atoms with van der Waals surface area (Å²) in [5.74, 6) is 1.19. The van der Waals surface area contributed by atoms with Gasteiger partial charge in [-0.1, -0.05) is 41.7 Å². The second-order valence-electron chi connectivity index (χ2n) is 5.32. The molecule has 0 saturated carbocycles. The number of aromatic nitrogens is 1. The zero-order valence-electron chi connectivity index (χ0n) is 13.3. The number of aryl methyl sites for hydroxylation is 1. The van der Waals surface area contributed by atoms with Gasteiger partial charge in [0.1, 0.15) is 0 Å². The summed E-state index contributed by atoms with van der Waals surface area (Å²) in [6.45, 7) is 2.61. The Bertz CT molecular complexity index is 900. The van der Waals surface area contributed by atoms with Gasteiger partial charge in [0.2, 0.25) is 5.91 Å². The Labute approximate surface area is 148 Å². The molecule has 0 aliphatic rings. The van der Waals surface area contributed by atoms with Crippen molar-refractivity contribution >= 4 is 44.9 Å². The Hall–Kier alpha value is -2.05. The van der Waals surface area contributed by atoms with Gasteiger partial charge in [-0.05, 0) is 30.7 Å². The topological polar surface area (TPSA) is 51.1 Å². The zero-order chi connectivity index (χ0) is 16.9. The van der Waals surface area contributed by atoms with Crippen molar-refractivity contribution in [2.45, 2.75) is 19.2 Å². The second kappa shape index (κ2) is 7.68. The predicted octanol–water partition coefficient (Wildman–Crippen LogP) is 3.95. The molecule has 0 saturated heterocycles. The maximum Gasteiger partial charge on any atom is 0.308 e. The van der Waals surface area contributed by atoms with Crippen LogP contribution in [0.4, 0.5) is 5.69 Å². The van der Waals surface area contributed by atoms with Gasteiger partial charge in [0.15, 0.2) is 0 Å². The number of amides is 1. The first kappa shape index (κ1) is 16.8. The average Bonchev–Trinajstić information content (AvgIpc) is 2.90. The van der Waals surface area contributed by atoms with Gasteiger partial charge in [-0.2, -0.15) is 0 Å². The van der Waals surface area contributed by atoms with E-state index in [1.165, 1.54) is 16.9 Å². The minimum atomic E-state index is -0.0300. The van der Waals surface area contributed by atoms with Crippen LogP contribution in [0.5, 0.6) is 0 Å². The first-order chi connectivity index (χ1) is 11.7. The van der Waals surface area contributed by atoms with E-state index in [1.54, 1.807) is 16.3 Å². The van der Waals surface area contributed by atoms with Crippen LogP contribution in [0.3, 0.4) is 0 Å². The lowest BCUT2D eigenvalue weighted by molar-refractivity contribution is -0.113. The third-order valence-electron chi connectivity index (χ3n) is 3.61. The van der Waals surface area contributed by atoms with E-state index in [9.17, 15) is 9.59 Å². The molecule has 1 aromatic heterocycles. The molecule has 24 heavy (non-hydrogen) atoms. The number of hydrogen-bond acceptors (Lipinski definition) is 4. The fraction of sp³-hybridized carbons (Fsp3) is 0.222. The van der Waals surface area contributed by atoms with E-state index in [2.05, 4.69) is 17.4 Å².